The Balaban J connectivity index is 1.78. The molecule has 3 unspecified atom stereocenters. The average molecular weight is 267 g/mol. The molecule has 2 saturated carbocycles. The molecule has 0 heterocycles. The summed E-state index contributed by atoms with van der Waals surface area (Å²) in [5.74, 6) is 1.91. The quantitative estimate of drug-likeness (QED) is 0.765. The molecular weight excluding hydrogens is 234 g/mol. The zero-order valence-corrected chi connectivity index (χ0v) is 12.7. The van der Waals surface area contributed by atoms with Gasteiger partial charge in [-0.25, -0.2) is 0 Å². The zero-order valence-electron chi connectivity index (χ0n) is 12.7. The summed E-state index contributed by atoms with van der Waals surface area (Å²) in [6.07, 6.45) is 14.7. The van der Waals surface area contributed by atoms with Crippen LogP contribution in [0, 0.1) is 11.8 Å². The van der Waals surface area contributed by atoms with E-state index in [-0.39, 0.29) is 6.10 Å². The zero-order chi connectivity index (χ0) is 13.5. The molecule has 0 aromatic rings. The first kappa shape index (κ1) is 15.3. The molecule has 0 aromatic heterocycles. The van der Waals surface area contributed by atoms with E-state index >= 15 is 0 Å². The summed E-state index contributed by atoms with van der Waals surface area (Å²) in [5, 5.41) is 13.4. The number of nitrogens with one attached hydrogen (secondary N) is 1. The van der Waals surface area contributed by atoms with Crippen LogP contribution in [0.15, 0.2) is 0 Å². The molecule has 0 saturated heterocycles. The Morgan fingerprint density at radius 3 is 2.42 bits per heavy atom. The van der Waals surface area contributed by atoms with E-state index in [2.05, 4.69) is 12.2 Å². The highest BCUT2D eigenvalue weighted by Gasteiger charge is 2.31. The number of rotatable bonds is 6. The van der Waals surface area contributed by atoms with Gasteiger partial charge < -0.3 is 10.4 Å². The molecule has 0 aliphatic heterocycles. The standard InChI is InChI=1S/C17H33NO/c1-2-15(19)12-13-18-17-11-7-6-10-16(17)14-8-4-3-5-9-14/h14-19H,2-13H2,1H3. The molecule has 0 bridgehead atoms. The van der Waals surface area contributed by atoms with Gasteiger partial charge in [-0.1, -0.05) is 51.9 Å². The minimum absolute atomic E-state index is 0.107. The highest BCUT2D eigenvalue weighted by molar-refractivity contribution is 4.87. The van der Waals surface area contributed by atoms with Gasteiger partial charge in [0.2, 0.25) is 0 Å². The molecule has 2 heteroatoms. The fourth-order valence-electron chi connectivity index (χ4n) is 4.18. The predicted molar refractivity (Wildman–Crippen MR) is 81.2 cm³/mol. The Morgan fingerprint density at radius 2 is 1.68 bits per heavy atom. The largest absolute Gasteiger partial charge is 0.393 e. The Morgan fingerprint density at radius 1 is 1.00 bits per heavy atom. The average Bonchev–Trinajstić information content (AvgIpc) is 2.48. The van der Waals surface area contributed by atoms with Crippen molar-refractivity contribution in [1.29, 1.82) is 0 Å². The lowest BCUT2D eigenvalue weighted by atomic mass is 9.71. The monoisotopic (exact) mass is 267 g/mol. The van der Waals surface area contributed by atoms with Crippen molar-refractivity contribution in [3.63, 3.8) is 0 Å². The van der Waals surface area contributed by atoms with Gasteiger partial charge in [-0.05, 0) is 44.1 Å². The maximum atomic E-state index is 9.66. The van der Waals surface area contributed by atoms with Gasteiger partial charge in [0.1, 0.15) is 0 Å². The Kier molecular flexibility index (Phi) is 6.66. The van der Waals surface area contributed by atoms with Crippen LogP contribution in [0.1, 0.15) is 77.6 Å². The van der Waals surface area contributed by atoms with Gasteiger partial charge in [0.05, 0.1) is 6.10 Å². The number of hydrogen-bond acceptors (Lipinski definition) is 2. The minimum atomic E-state index is -0.107. The number of aliphatic hydroxyl groups excluding tert-OH is 1. The molecule has 0 spiro atoms. The van der Waals surface area contributed by atoms with Crippen molar-refractivity contribution in [2.45, 2.75) is 89.7 Å². The summed E-state index contributed by atoms with van der Waals surface area (Å²) >= 11 is 0. The van der Waals surface area contributed by atoms with Gasteiger partial charge in [0, 0.05) is 6.04 Å². The van der Waals surface area contributed by atoms with Crippen LogP contribution >= 0.6 is 0 Å². The SMILES string of the molecule is CCC(O)CCNC1CCCCC1C1CCCCC1. The summed E-state index contributed by atoms with van der Waals surface area (Å²) in [6, 6.07) is 0.737. The van der Waals surface area contributed by atoms with Crippen LogP contribution in [-0.2, 0) is 0 Å². The molecule has 0 amide bonds. The van der Waals surface area contributed by atoms with Crippen molar-refractivity contribution in [2.75, 3.05) is 6.54 Å². The van der Waals surface area contributed by atoms with E-state index in [0.717, 1.165) is 37.3 Å². The summed E-state index contributed by atoms with van der Waals surface area (Å²) in [4.78, 5) is 0. The molecular formula is C17H33NO. The van der Waals surface area contributed by atoms with Crippen LogP contribution in [-0.4, -0.2) is 23.8 Å². The topological polar surface area (TPSA) is 32.3 Å². The van der Waals surface area contributed by atoms with Crippen molar-refractivity contribution in [2.24, 2.45) is 11.8 Å². The third-order valence-electron chi connectivity index (χ3n) is 5.43. The first-order valence-electron chi connectivity index (χ1n) is 8.72. The molecule has 0 aromatic carbocycles. The lowest BCUT2D eigenvalue weighted by molar-refractivity contribution is 0.133. The van der Waals surface area contributed by atoms with Gasteiger partial charge >= 0.3 is 0 Å². The molecule has 2 fully saturated rings. The second kappa shape index (κ2) is 8.26. The summed E-state index contributed by atoms with van der Waals surface area (Å²) in [5.41, 5.74) is 0. The van der Waals surface area contributed by atoms with Crippen LogP contribution in [0.4, 0.5) is 0 Å². The maximum Gasteiger partial charge on any atom is 0.0549 e. The molecule has 112 valence electrons. The normalized spacial score (nSPS) is 31.3. The van der Waals surface area contributed by atoms with Crippen molar-refractivity contribution in [3.05, 3.63) is 0 Å². The Labute approximate surface area is 119 Å². The highest BCUT2D eigenvalue weighted by atomic mass is 16.3. The van der Waals surface area contributed by atoms with Crippen LogP contribution in [0.2, 0.25) is 0 Å². The van der Waals surface area contributed by atoms with Gasteiger partial charge in [0.25, 0.3) is 0 Å². The molecule has 0 radical (unpaired) electrons. The molecule has 2 N–H and O–H groups in total. The number of aliphatic hydroxyl groups is 1. The molecule has 2 aliphatic rings. The van der Waals surface area contributed by atoms with Crippen LogP contribution in [0.5, 0.6) is 0 Å². The number of hydrogen-bond donors (Lipinski definition) is 2. The second-order valence-corrected chi connectivity index (χ2v) is 6.76. The smallest absolute Gasteiger partial charge is 0.0549 e. The predicted octanol–water partition coefficient (Wildman–Crippen LogP) is 3.88. The lowest BCUT2D eigenvalue weighted by Crippen LogP contribution is -2.43. The Hall–Kier alpha value is -0.0800. The first-order valence-corrected chi connectivity index (χ1v) is 8.72. The van der Waals surface area contributed by atoms with Crippen molar-refractivity contribution < 1.29 is 5.11 Å². The molecule has 2 rings (SSSR count). The van der Waals surface area contributed by atoms with Crippen LogP contribution < -0.4 is 5.32 Å². The van der Waals surface area contributed by atoms with Gasteiger partial charge in [-0.15, -0.1) is 0 Å². The fourth-order valence-corrected chi connectivity index (χ4v) is 4.18. The van der Waals surface area contributed by atoms with Crippen LogP contribution in [0.25, 0.3) is 0 Å². The van der Waals surface area contributed by atoms with E-state index in [1.807, 2.05) is 0 Å². The van der Waals surface area contributed by atoms with E-state index in [1.54, 1.807) is 0 Å². The molecule has 19 heavy (non-hydrogen) atoms. The van der Waals surface area contributed by atoms with Gasteiger partial charge in [0.15, 0.2) is 0 Å². The van der Waals surface area contributed by atoms with Gasteiger partial charge in [-0.3, -0.25) is 0 Å². The third kappa shape index (κ3) is 4.75. The molecule has 2 nitrogen and oxygen atoms in total. The van der Waals surface area contributed by atoms with Crippen LogP contribution in [0.3, 0.4) is 0 Å². The van der Waals surface area contributed by atoms with E-state index in [0.29, 0.717) is 0 Å². The van der Waals surface area contributed by atoms with Crippen molar-refractivity contribution in [1.82, 2.24) is 5.32 Å². The van der Waals surface area contributed by atoms with E-state index < -0.39 is 0 Å². The van der Waals surface area contributed by atoms with Gasteiger partial charge in [-0.2, -0.15) is 0 Å². The second-order valence-electron chi connectivity index (χ2n) is 6.76. The summed E-state index contributed by atoms with van der Waals surface area (Å²) in [6.45, 7) is 3.07. The molecule has 2 aliphatic carbocycles. The Bertz CT molecular complexity index is 237. The fraction of sp³-hybridized carbons (Fsp3) is 1.00. The summed E-state index contributed by atoms with van der Waals surface area (Å²) < 4.78 is 0. The van der Waals surface area contributed by atoms with E-state index in [9.17, 15) is 5.11 Å². The minimum Gasteiger partial charge on any atom is -0.393 e. The first-order chi connectivity index (χ1) is 9.31. The summed E-state index contributed by atoms with van der Waals surface area (Å²) in [7, 11) is 0. The van der Waals surface area contributed by atoms with E-state index in [4.69, 9.17) is 0 Å². The highest BCUT2D eigenvalue weighted by Crippen LogP contribution is 2.38. The molecule has 3 atom stereocenters. The van der Waals surface area contributed by atoms with Crippen molar-refractivity contribution in [3.8, 4) is 0 Å². The van der Waals surface area contributed by atoms with E-state index in [1.165, 1.54) is 57.8 Å². The lowest BCUT2D eigenvalue weighted by Gasteiger charge is -2.39. The van der Waals surface area contributed by atoms with Crippen molar-refractivity contribution >= 4 is 0 Å². The third-order valence-corrected chi connectivity index (χ3v) is 5.43. The maximum absolute atomic E-state index is 9.66.